The predicted molar refractivity (Wildman–Crippen MR) is 254 cm³/mol. The van der Waals surface area contributed by atoms with Crippen molar-refractivity contribution >= 4 is 66.4 Å². The number of benzene rings is 9. The van der Waals surface area contributed by atoms with E-state index in [-0.39, 0.29) is 5.41 Å². The van der Waals surface area contributed by atoms with Gasteiger partial charge in [0.1, 0.15) is 0 Å². The summed E-state index contributed by atoms with van der Waals surface area (Å²) in [5.74, 6) is 0. The molecule has 0 saturated heterocycles. The largest absolute Gasteiger partial charge is 0.310 e. The fourth-order valence-electron chi connectivity index (χ4n) is 10.5. The molecular formula is C57H50N2. The van der Waals surface area contributed by atoms with Crippen molar-refractivity contribution in [2.75, 3.05) is 9.80 Å². The summed E-state index contributed by atoms with van der Waals surface area (Å²) in [5, 5.41) is 7.70. The molecule has 10 rings (SSSR count). The van der Waals surface area contributed by atoms with Crippen LogP contribution in [-0.2, 0) is 5.41 Å². The average Bonchev–Trinajstić information content (AvgIpc) is 3.22. The third kappa shape index (κ3) is 5.76. The van der Waals surface area contributed by atoms with E-state index in [9.17, 15) is 0 Å². The lowest BCUT2D eigenvalue weighted by molar-refractivity contribution is 0.645. The molecule has 0 unspecified atom stereocenters. The third-order valence-electron chi connectivity index (χ3n) is 12.9. The maximum atomic E-state index is 2.50. The molecule has 9 aromatic rings. The van der Waals surface area contributed by atoms with Crippen LogP contribution < -0.4 is 9.80 Å². The van der Waals surface area contributed by atoms with E-state index in [0.717, 1.165) is 11.4 Å². The number of para-hydroxylation sites is 2. The molecule has 0 spiro atoms. The Bertz CT molecular complexity index is 3090. The average molecular weight is 763 g/mol. The molecule has 2 heteroatoms. The molecule has 0 heterocycles. The highest BCUT2D eigenvalue weighted by Gasteiger charge is 2.35. The molecule has 1 aliphatic rings. The van der Waals surface area contributed by atoms with Crippen LogP contribution >= 0.6 is 0 Å². The minimum absolute atomic E-state index is 0.253. The standard InChI is InChI=1S/C57H50N2/c1-35-28-37(3)55(38(4)29-35)58(41-18-11-9-12-19-41)43-26-27-45-50-33-48-44-22-15-16-23-46(44)53(34-49(48)47-24-17-25-51(54(47)50)57(7,8)52(45)32-43)59(42-20-13-10-14-21-42)56-39(5)30-36(2)31-40(56)6/h9-34H,1-8H3. The van der Waals surface area contributed by atoms with Crippen LogP contribution in [0.1, 0.15) is 58.4 Å². The highest BCUT2D eigenvalue weighted by molar-refractivity contribution is 6.25. The van der Waals surface area contributed by atoms with Crippen LogP contribution in [0.2, 0.25) is 0 Å². The van der Waals surface area contributed by atoms with E-state index in [1.54, 1.807) is 0 Å². The van der Waals surface area contributed by atoms with Crippen molar-refractivity contribution in [3.63, 3.8) is 0 Å². The number of rotatable bonds is 6. The van der Waals surface area contributed by atoms with Crippen molar-refractivity contribution in [2.24, 2.45) is 0 Å². The van der Waals surface area contributed by atoms with E-state index in [4.69, 9.17) is 0 Å². The normalized spacial score (nSPS) is 12.9. The first-order chi connectivity index (χ1) is 28.5. The van der Waals surface area contributed by atoms with Gasteiger partial charge in [0, 0.05) is 27.9 Å². The summed E-state index contributed by atoms with van der Waals surface area (Å²) in [7, 11) is 0. The molecule has 1 aliphatic carbocycles. The number of hydrogen-bond donors (Lipinski definition) is 0. The summed E-state index contributed by atoms with van der Waals surface area (Å²) in [6.07, 6.45) is 0. The van der Waals surface area contributed by atoms with Gasteiger partial charge < -0.3 is 9.80 Å². The highest BCUT2D eigenvalue weighted by atomic mass is 15.2. The second kappa shape index (κ2) is 13.7. The van der Waals surface area contributed by atoms with Gasteiger partial charge in [-0.3, -0.25) is 0 Å². The molecule has 0 aliphatic heterocycles. The quantitative estimate of drug-likeness (QED) is 0.156. The molecule has 59 heavy (non-hydrogen) atoms. The van der Waals surface area contributed by atoms with Gasteiger partial charge in [-0.1, -0.05) is 134 Å². The summed E-state index contributed by atoms with van der Waals surface area (Å²) in [6, 6.07) is 59.2. The topological polar surface area (TPSA) is 6.48 Å². The lowest BCUT2D eigenvalue weighted by atomic mass is 9.68. The summed E-state index contributed by atoms with van der Waals surface area (Å²) < 4.78 is 0. The van der Waals surface area contributed by atoms with Crippen LogP contribution in [0.3, 0.4) is 0 Å². The van der Waals surface area contributed by atoms with Crippen molar-refractivity contribution in [1.82, 2.24) is 0 Å². The first kappa shape index (κ1) is 36.7. The van der Waals surface area contributed by atoms with Crippen LogP contribution in [0.25, 0.3) is 43.4 Å². The van der Waals surface area contributed by atoms with Crippen LogP contribution in [0, 0.1) is 41.5 Å². The molecule has 0 atom stereocenters. The number of hydrogen-bond acceptors (Lipinski definition) is 2. The van der Waals surface area contributed by atoms with Gasteiger partial charge in [0.2, 0.25) is 0 Å². The summed E-state index contributed by atoms with van der Waals surface area (Å²) in [6.45, 7) is 18.2. The molecule has 2 nitrogen and oxygen atoms in total. The van der Waals surface area contributed by atoms with E-state index in [1.165, 1.54) is 111 Å². The van der Waals surface area contributed by atoms with Crippen molar-refractivity contribution in [3.05, 3.63) is 202 Å². The van der Waals surface area contributed by atoms with Crippen LogP contribution in [0.5, 0.6) is 0 Å². The highest BCUT2D eigenvalue weighted by Crippen LogP contribution is 2.54. The molecule has 0 saturated carbocycles. The Labute approximate surface area is 349 Å². The van der Waals surface area contributed by atoms with Gasteiger partial charge in [-0.25, -0.2) is 0 Å². The Balaban J connectivity index is 1.25. The lowest BCUT2D eigenvalue weighted by Gasteiger charge is -2.37. The number of nitrogens with zero attached hydrogens (tertiary/aromatic N) is 2. The molecule has 288 valence electrons. The van der Waals surface area contributed by atoms with E-state index in [0.29, 0.717) is 0 Å². The summed E-state index contributed by atoms with van der Waals surface area (Å²) >= 11 is 0. The first-order valence-electron chi connectivity index (χ1n) is 20.9. The predicted octanol–water partition coefficient (Wildman–Crippen LogP) is 16.2. The second-order valence-electron chi connectivity index (χ2n) is 17.4. The Morgan fingerprint density at radius 1 is 0.356 bits per heavy atom. The Hall–Kier alpha value is -6.64. The zero-order valence-corrected chi connectivity index (χ0v) is 35.4. The van der Waals surface area contributed by atoms with Gasteiger partial charge >= 0.3 is 0 Å². The van der Waals surface area contributed by atoms with Gasteiger partial charge in [-0.15, -0.1) is 0 Å². The molecule has 0 fully saturated rings. The first-order valence-corrected chi connectivity index (χ1v) is 20.9. The van der Waals surface area contributed by atoms with Gasteiger partial charge in [0.05, 0.1) is 17.1 Å². The number of anilines is 6. The maximum absolute atomic E-state index is 2.50. The molecule has 9 aromatic carbocycles. The van der Waals surface area contributed by atoms with Gasteiger partial charge in [0.15, 0.2) is 0 Å². The van der Waals surface area contributed by atoms with Crippen molar-refractivity contribution in [3.8, 4) is 11.1 Å². The summed E-state index contributed by atoms with van der Waals surface area (Å²) in [4.78, 5) is 4.96. The maximum Gasteiger partial charge on any atom is 0.0546 e. The third-order valence-corrected chi connectivity index (χ3v) is 12.9. The Kier molecular flexibility index (Phi) is 8.54. The minimum atomic E-state index is -0.253. The zero-order valence-electron chi connectivity index (χ0n) is 35.4. The minimum Gasteiger partial charge on any atom is -0.310 e. The van der Waals surface area contributed by atoms with Crippen molar-refractivity contribution in [1.29, 1.82) is 0 Å². The van der Waals surface area contributed by atoms with Crippen LogP contribution in [0.15, 0.2) is 158 Å². The molecule has 0 N–H and O–H groups in total. The van der Waals surface area contributed by atoms with E-state index in [1.807, 2.05) is 0 Å². The molecule has 0 aromatic heterocycles. The van der Waals surface area contributed by atoms with E-state index < -0.39 is 0 Å². The fraction of sp³-hybridized carbons (Fsp3) is 0.158. The van der Waals surface area contributed by atoms with E-state index >= 15 is 0 Å². The van der Waals surface area contributed by atoms with Crippen molar-refractivity contribution in [2.45, 2.75) is 60.8 Å². The second-order valence-corrected chi connectivity index (χ2v) is 17.4. The van der Waals surface area contributed by atoms with Gasteiger partial charge in [0.25, 0.3) is 0 Å². The lowest BCUT2D eigenvalue weighted by Crippen LogP contribution is -2.24. The zero-order chi connectivity index (χ0) is 40.7. The summed E-state index contributed by atoms with van der Waals surface area (Å²) in [5.41, 5.74) is 19.9. The van der Waals surface area contributed by atoms with Crippen molar-refractivity contribution < 1.29 is 0 Å². The van der Waals surface area contributed by atoms with Crippen LogP contribution in [-0.4, -0.2) is 0 Å². The van der Waals surface area contributed by atoms with Crippen LogP contribution in [0.4, 0.5) is 34.1 Å². The molecule has 0 amide bonds. The smallest absolute Gasteiger partial charge is 0.0546 e. The monoisotopic (exact) mass is 762 g/mol. The SMILES string of the molecule is Cc1cc(C)c(N(c2ccccc2)c2ccc3c(c2)C(C)(C)c2cccc4c2c-3cc2c3ccccc3c(N(c3ccccc3)c3c(C)cc(C)cc3C)cc42)c(C)c1. The Morgan fingerprint density at radius 2 is 0.864 bits per heavy atom. The van der Waals surface area contributed by atoms with E-state index in [2.05, 4.69) is 223 Å². The van der Waals surface area contributed by atoms with Gasteiger partial charge in [-0.2, -0.15) is 0 Å². The number of fused-ring (bicyclic) bond motifs is 6. The fourth-order valence-corrected chi connectivity index (χ4v) is 10.5. The number of aryl methyl sites for hydroxylation is 6. The van der Waals surface area contributed by atoms with Gasteiger partial charge in [-0.05, 0) is 162 Å². The Morgan fingerprint density at radius 3 is 1.47 bits per heavy atom. The molecular weight excluding hydrogens is 713 g/mol. The molecule has 0 radical (unpaired) electrons. The molecule has 0 bridgehead atoms.